The molecule has 0 spiro atoms. The maximum absolute atomic E-state index is 11.6. The number of aromatic nitrogens is 7. The topological polar surface area (TPSA) is 97.2 Å². The van der Waals surface area contributed by atoms with Crippen LogP contribution in [0.2, 0.25) is 10.0 Å². The zero-order valence-electron chi connectivity index (χ0n) is 17.9. The lowest BCUT2D eigenvalue weighted by molar-refractivity contribution is 0.694. The minimum atomic E-state index is -0.261. The Morgan fingerprint density at radius 3 is 2.65 bits per heavy atom. The highest BCUT2D eigenvalue weighted by molar-refractivity contribution is 6.35. The molecule has 0 aliphatic rings. The van der Waals surface area contributed by atoms with Gasteiger partial charge in [0.05, 0.1) is 39.5 Å². The number of hydrogen-bond acceptors (Lipinski definition) is 4. The smallest absolute Gasteiger partial charge is 0.306 e. The second-order valence-corrected chi connectivity index (χ2v) is 8.92. The summed E-state index contributed by atoms with van der Waals surface area (Å²) in [5, 5.41) is 14.3. The van der Waals surface area contributed by atoms with Crippen LogP contribution in [0.15, 0.2) is 65.6 Å². The van der Waals surface area contributed by atoms with E-state index in [0.717, 1.165) is 39.1 Å². The van der Waals surface area contributed by atoms with Crippen molar-refractivity contribution >= 4 is 45.3 Å². The minimum Gasteiger partial charge on any atom is -0.306 e. The number of rotatable bonds is 4. The average Bonchev–Trinajstić information content (AvgIpc) is 3.52. The third-order valence-corrected chi connectivity index (χ3v) is 6.43. The van der Waals surface area contributed by atoms with Gasteiger partial charge >= 0.3 is 5.69 Å². The van der Waals surface area contributed by atoms with Gasteiger partial charge in [-0.15, -0.1) is 5.10 Å². The molecule has 0 bridgehead atoms. The molecule has 0 aliphatic heterocycles. The summed E-state index contributed by atoms with van der Waals surface area (Å²) in [5.41, 5.74) is 7.05. The van der Waals surface area contributed by atoms with Gasteiger partial charge in [-0.25, -0.2) is 9.48 Å². The third kappa shape index (κ3) is 3.48. The molecular weight excluding hydrogens is 473 g/mol. The molecule has 3 heterocycles. The summed E-state index contributed by atoms with van der Waals surface area (Å²) in [4.78, 5) is 17.2. The molecule has 168 valence electrons. The quantitative estimate of drug-likeness (QED) is 0.359. The fraction of sp³-hybridized carbons (Fsp3) is 0.0833. The molecule has 0 unspecified atom stereocenters. The van der Waals surface area contributed by atoms with E-state index in [1.807, 2.05) is 66.2 Å². The summed E-state index contributed by atoms with van der Waals surface area (Å²) in [7, 11) is 0. The molecule has 0 saturated heterocycles. The summed E-state index contributed by atoms with van der Waals surface area (Å²) in [6, 6.07) is 17.3. The monoisotopic (exact) mass is 489 g/mol. The largest absolute Gasteiger partial charge is 0.323 e. The normalized spacial score (nSPS) is 11.6. The van der Waals surface area contributed by atoms with E-state index in [-0.39, 0.29) is 5.69 Å². The van der Waals surface area contributed by atoms with E-state index in [2.05, 4.69) is 25.4 Å². The number of aromatic amines is 2. The molecule has 6 aromatic rings. The van der Waals surface area contributed by atoms with Crippen LogP contribution in [0, 0.1) is 6.92 Å². The molecule has 0 atom stereocenters. The Morgan fingerprint density at radius 1 is 0.941 bits per heavy atom. The Hall–Kier alpha value is -3.88. The van der Waals surface area contributed by atoms with Gasteiger partial charge in [0.25, 0.3) is 0 Å². The second-order valence-electron chi connectivity index (χ2n) is 8.11. The number of nitrogens with one attached hydrogen (secondary N) is 2. The maximum Gasteiger partial charge on any atom is 0.323 e. The summed E-state index contributed by atoms with van der Waals surface area (Å²) >= 11 is 13.1. The average molecular weight is 490 g/mol. The van der Waals surface area contributed by atoms with Crippen molar-refractivity contribution in [3.8, 4) is 16.9 Å². The predicted octanol–water partition coefficient (Wildman–Crippen LogP) is 5.12. The standard InChI is InChI=1S/C24H17Cl2N7O/c1-13-2-3-14(17(25)8-13)12-32-21(6-7-27-32)15-9-18(26)23-22(10-15)33(31-30-23)16-4-5-19-20(11-16)29-24(34)28-19/h2-11H,12H2,1H3,(H2,28,29,34). The zero-order valence-corrected chi connectivity index (χ0v) is 19.4. The molecular formula is C24H17Cl2N7O. The molecule has 6 rings (SSSR count). The first-order valence-electron chi connectivity index (χ1n) is 10.5. The third-order valence-electron chi connectivity index (χ3n) is 5.79. The lowest BCUT2D eigenvalue weighted by Gasteiger charge is -2.11. The van der Waals surface area contributed by atoms with E-state index in [1.54, 1.807) is 10.9 Å². The van der Waals surface area contributed by atoms with E-state index < -0.39 is 0 Å². The van der Waals surface area contributed by atoms with Crippen LogP contribution < -0.4 is 5.69 Å². The van der Waals surface area contributed by atoms with Crippen molar-refractivity contribution in [2.24, 2.45) is 0 Å². The van der Waals surface area contributed by atoms with E-state index in [0.29, 0.717) is 27.6 Å². The lowest BCUT2D eigenvalue weighted by atomic mass is 10.1. The van der Waals surface area contributed by atoms with Crippen LogP contribution in [0.4, 0.5) is 0 Å². The number of aryl methyl sites for hydroxylation is 1. The number of halogens is 2. The fourth-order valence-corrected chi connectivity index (χ4v) is 4.67. The van der Waals surface area contributed by atoms with Gasteiger partial charge in [0, 0.05) is 16.8 Å². The van der Waals surface area contributed by atoms with Gasteiger partial charge in [0.1, 0.15) is 5.52 Å². The first kappa shape index (κ1) is 20.7. The van der Waals surface area contributed by atoms with Crippen molar-refractivity contribution in [3.05, 3.63) is 92.5 Å². The summed E-state index contributed by atoms with van der Waals surface area (Å²) < 4.78 is 3.59. The predicted molar refractivity (Wildman–Crippen MR) is 133 cm³/mol. The molecule has 0 amide bonds. The number of nitrogens with zero attached hydrogens (tertiary/aromatic N) is 5. The summed E-state index contributed by atoms with van der Waals surface area (Å²) in [5.74, 6) is 0. The van der Waals surface area contributed by atoms with E-state index in [1.165, 1.54) is 0 Å². The molecule has 0 fully saturated rings. The van der Waals surface area contributed by atoms with Crippen molar-refractivity contribution in [1.82, 2.24) is 34.7 Å². The molecule has 0 aliphatic carbocycles. The number of imidazole rings is 1. The second kappa shape index (κ2) is 7.86. The maximum atomic E-state index is 11.6. The van der Waals surface area contributed by atoms with Gasteiger partial charge in [-0.2, -0.15) is 5.10 Å². The van der Waals surface area contributed by atoms with E-state index >= 15 is 0 Å². The van der Waals surface area contributed by atoms with Crippen molar-refractivity contribution < 1.29 is 0 Å². The van der Waals surface area contributed by atoms with Crippen LogP contribution in [-0.2, 0) is 6.54 Å². The summed E-state index contributed by atoms with van der Waals surface area (Å²) in [6.45, 7) is 2.53. The highest BCUT2D eigenvalue weighted by Crippen LogP contribution is 2.31. The number of hydrogen-bond donors (Lipinski definition) is 2. The van der Waals surface area contributed by atoms with Gasteiger partial charge in [0.15, 0.2) is 0 Å². The number of H-pyrrole nitrogens is 2. The number of benzene rings is 3. The van der Waals surface area contributed by atoms with Gasteiger partial charge < -0.3 is 9.97 Å². The van der Waals surface area contributed by atoms with Crippen LogP contribution >= 0.6 is 23.2 Å². The van der Waals surface area contributed by atoms with Gasteiger partial charge in [0.2, 0.25) is 0 Å². The fourth-order valence-electron chi connectivity index (χ4n) is 4.12. The Balaban J connectivity index is 1.45. The van der Waals surface area contributed by atoms with E-state index in [4.69, 9.17) is 23.2 Å². The molecule has 34 heavy (non-hydrogen) atoms. The Bertz CT molecular complexity index is 1760. The first-order valence-corrected chi connectivity index (χ1v) is 11.3. The Kier molecular flexibility index (Phi) is 4.79. The van der Waals surface area contributed by atoms with E-state index in [9.17, 15) is 4.79 Å². The SMILES string of the molecule is Cc1ccc(Cn2nccc2-c2cc(Cl)c3nnn(-c4ccc5[nH]c(=O)[nH]c5c4)c3c2)c(Cl)c1. The zero-order chi connectivity index (χ0) is 23.4. The van der Waals surface area contributed by atoms with Crippen LogP contribution in [0.25, 0.3) is 39.0 Å². The molecule has 2 N–H and O–H groups in total. The Labute approximate surface area is 202 Å². The number of fused-ring (bicyclic) bond motifs is 2. The van der Waals surface area contributed by atoms with Crippen LogP contribution in [-0.4, -0.2) is 34.7 Å². The highest BCUT2D eigenvalue weighted by atomic mass is 35.5. The van der Waals surface area contributed by atoms with Crippen molar-refractivity contribution in [2.75, 3.05) is 0 Å². The molecule has 10 heteroatoms. The van der Waals surface area contributed by atoms with Crippen molar-refractivity contribution in [3.63, 3.8) is 0 Å². The van der Waals surface area contributed by atoms with Gasteiger partial charge in [-0.3, -0.25) is 4.68 Å². The van der Waals surface area contributed by atoms with Crippen molar-refractivity contribution in [1.29, 1.82) is 0 Å². The molecule has 0 saturated carbocycles. The molecule has 0 radical (unpaired) electrons. The first-order chi connectivity index (χ1) is 16.5. The lowest BCUT2D eigenvalue weighted by Crippen LogP contribution is -2.04. The minimum absolute atomic E-state index is 0.261. The molecule has 8 nitrogen and oxygen atoms in total. The van der Waals surface area contributed by atoms with Crippen molar-refractivity contribution in [2.45, 2.75) is 13.5 Å². The van der Waals surface area contributed by atoms with Crippen LogP contribution in [0.3, 0.4) is 0 Å². The van der Waals surface area contributed by atoms with Crippen LogP contribution in [0.5, 0.6) is 0 Å². The molecule has 3 aromatic heterocycles. The van der Waals surface area contributed by atoms with Gasteiger partial charge in [-0.1, -0.05) is 40.5 Å². The van der Waals surface area contributed by atoms with Gasteiger partial charge in [-0.05, 0) is 60.5 Å². The molecule has 3 aromatic carbocycles. The highest BCUT2D eigenvalue weighted by Gasteiger charge is 2.16. The Morgan fingerprint density at radius 2 is 1.79 bits per heavy atom. The summed E-state index contributed by atoms with van der Waals surface area (Å²) in [6.07, 6.45) is 1.75. The van der Waals surface area contributed by atoms with Crippen LogP contribution in [0.1, 0.15) is 11.1 Å².